The number of benzene rings is 1. The fourth-order valence-corrected chi connectivity index (χ4v) is 2.40. The van der Waals surface area contributed by atoms with Crippen molar-refractivity contribution in [3.63, 3.8) is 0 Å². The van der Waals surface area contributed by atoms with Crippen LogP contribution < -0.4 is 15.4 Å². The Morgan fingerprint density at radius 2 is 2.18 bits per heavy atom. The first-order valence-corrected chi connectivity index (χ1v) is 6.93. The van der Waals surface area contributed by atoms with E-state index in [0.29, 0.717) is 18.9 Å². The molecular weight excluding hydrogens is 286 g/mol. The Morgan fingerprint density at radius 3 is 2.86 bits per heavy atom. The molecule has 0 aromatic heterocycles. The molecule has 1 atom stereocenters. The Labute approximate surface area is 127 Å². The summed E-state index contributed by atoms with van der Waals surface area (Å²) in [6, 6.07) is 6.77. The van der Waals surface area contributed by atoms with Crippen LogP contribution in [-0.4, -0.2) is 49.7 Å². The van der Waals surface area contributed by atoms with Crippen molar-refractivity contribution in [2.75, 3.05) is 32.2 Å². The maximum Gasteiger partial charge on any atom is 0.330 e. The minimum Gasteiger partial charge on any atom is -0.497 e. The topological polar surface area (TPSA) is 92.2 Å². The lowest BCUT2D eigenvalue weighted by Gasteiger charge is -2.29. The van der Waals surface area contributed by atoms with Crippen LogP contribution in [0, 0.1) is 0 Å². The van der Waals surface area contributed by atoms with Gasteiger partial charge in [-0.2, -0.15) is 0 Å². The molecule has 2 aliphatic heterocycles. The number of rotatable bonds is 4. The van der Waals surface area contributed by atoms with Crippen molar-refractivity contribution in [2.24, 2.45) is 4.99 Å². The van der Waals surface area contributed by atoms with Crippen LogP contribution >= 0.6 is 0 Å². The summed E-state index contributed by atoms with van der Waals surface area (Å²) in [7, 11) is 1.62. The van der Waals surface area contributed by atoms with Gasteiger partial charge in [0.05, 0.1) is 37.4 Å². The van der Waals surface area contributed by atoms with Gasteiger partial charge in [-0.05, 0) is 24.3 Å². The minimum absolute atomic E-state index is 0.280. The molecule has 1 unspecified atom stereocenters. The van der Waals surface area contributed by atoms with Crippen LogP contribution in [-0.2, 0) is 9.53 Å². The maximum absolute atomic E-state index is 11.0. The van der Waals surface area contributed by atoms with Gasteiger partial charge in [0.1, 0.15) is 5.75 Å². The Hall–Kier alpha value is -2.54. The predicted molar refractivity (Wildman–Crippen MR) is 81.3 cm³/mol. The fraction of sp³-hybridized carbons (Fsp3) is 0.333. The molecule has 0 saturated carbocycles. The largest absolute Gasteiger partial charge is 0.497 e. The number of fused-ring (bicyclic) bond motifs is 1. The highest BCUT2D eigenvalue weighted by molar-refractivity contribution is 6.04. The van der Waals surface area contributed by atoms with Crippen molar-refractivity contribution >= 4 is 17.4 Å². The summed E-state index contributed by atoms with van der Waals surface area (Å²) >= 11 is 0. The molecule has 1 aromatic carbocycles. The molecule has 0 saturated heterocycles. The number of hydrogen-bond acceptors (Lipinski definition) is 6. The van der Waals surface area contributed by atoms with E-state index in [9.17, 15) is 4.79 Å². The molecule has 0 aliphatic carbocycles. The highest BCUT2D eigenvalue weighted by Crippen LogP contribution is 2.21. The average molecular weight is 303 g/mol. The number of anilines is 1. The normalized spacial score (nSPS) is 20.6. The highest BCUT2D eigenvalue weighted by Gasteiger charge is 2.28. The lowest BCUT2D eigenvalue weighted by atomic mass is 10.1. The van der Waals surface area contributed by atoms with Gasteiger partial charge in [0.25, 0.3) is 0 Å². The minimum atomic E-state index is -0.936. The molecule has 0 radical (unpaired) electrons. The summed E-state index contributed by atoms with van der Waals surface area (Å²) in [5, 5.41) is 15.5. The van der Waals surface area contributed by atoms with Crippen LogP contribution in [0.3, 0.4) is 0 Å². The van der Waals surface area contributed by atoms with Gasteiger partial charge < -0.3 is 25.2 Å². The first-order chi connectivity index (χ1) is 10.7. The van der Waals surface area contributed by atoms with E-state index in [1.807, 2.05) is 24.3 Å². The van der Waals surface area contributed by atoms with Gasteiger partial charge >= 0.3 is 5.97 Å². The number of hydrogen-bond donors (Lipinski definition) is 3. The van der Waals surface area contributed by atoms with Gasteiger partial charge in [-0.3, -0.25) is 4.99 Å². The number of aliphatic carboxylic acids is 1. The Morgan fingerprint density at radius 1 is 1.41 bits per heavy atom. The van der Waals surface area contributed by atoms with Gasteiger partial charge in [0.15, 0.2) is 6.04 Å². The van der Waals surface area contributed by atoms with Gasteiger partial charge in [0, 0.05) is 12.2 Å². The summed E-state index contributed by atoms with van der Waals surface area (Å²) < 4.78 is 10.6. The van der Waals surface area contributed by atoms with Crippen molar-refractivity contribution < 1.29 is 19.4 Å². The van der Waals surface area contributed by atoms with E-state index in [2.05, 4.69) is 15.6 Å². The van der Waals surface area contributed by atoms with Crippen LogP contribution in [0.4, 0.5) is 5.69 Å². The van der Waals surface area contributed by atoms with E-state index >= 15 is 0 Å². The Balaban J connectivity index is 1.83. The van der Waals surface area contributed by atoms with E-state index in [1.54, 1.807) is 7.11 Å². The Bertz CT molecular complexity index is 637. The molecule has 0 spiro atoms. The van der Waals surface area contributed by atoms with Gasteiger partial charge in [-0.1, -0.05) is 0 Å². The first kappa shape index (κ1) is 14.4. The van der Waals surface area contributed by atoms with Crippen LogP contribution in [0.5, 0.6) is 5.75 Å². The number of carboxylic acids is 1. The Kier molecular flexibility index (Phi) is 3.97. The monoisotopic (exact) mass is 303 g/mol. The molecule has 7 heteroatoms. The maximum atomic E-state index is 11.0. The van der Waals surface area contributed by atoms with Gasteiger partial charge in [-0.15, -0.1) is 0 Å². The first-order valence-electron chi connectivity index (χ1n) is 6.93. The molecule has 0 fully saturated rings. The third-order valence-electron chi connectivity index (χ3n) is 3.53. The lowest BCUT2D eigenvalue weighted by molar-refractivity contribution is -0.138. The molecular formula is C15H17N3O4. The van der Waals surface area contributed by atoms with E-state index < -0.39 is 12.0 Å². The quantitative estimate of drug-likeness (QED) is 0.763. The molecule has 3 rings (SSSR count). The molecule has 2 heterocycles. The van der Waals surface area contributed by atoms with E-state index in [4.69, 9.17) is 14.6 Å². The smallest absolute Gasteiger partial charge is 0.330 e. The zero-order chi connectivity index (χ0) is 15.5. The van der Waals surface area contributed by atoms with Crippen LogP contribution in [0.1, 0.15) is 0 Å². The summed E-state index contributed by atoms with van der Waals surface area (Å²) in [5.74, 6) is -0.153. The zero-order valence-electron chi connectivity index (χ0n) is 12.1. The van der Waals surface area contributed by atoms with Crippen molar-refractivity contribution in [1.29, 1.82) is 0 Å². The number of nitrogens with zero attached hydrogens (tertiary/aromatic N) is 1. The summed E-state index contributed by atoms with van der Waals surface area (Å²) in [4.78, 5) is 15.3. The van der Waals surface area contributed by atoms with E-state index in [1.165, 1.54) is 0 Å². The molecule has 116 valence electrons. The fourth-order valence-electron chi connectivity index (χ4n) is 2.40. The lowest BCUT2D eigenvalue weighted by Crippen LogP contribution is -2.44. The number of carboxylic acid groups (broad SMARTS) is 1. The van der Waals surface area contributed by atoms with Crippen molar-refractivity contribution in [3.8, 4) is 5.75 Å². The van der Waals surface area contributed by atoms with Crippen LogP contribution in [0.15, 0.2) is 40.7 Å². The second-order valence-electron chi connectivity index (χ2n) is 5.01. The van der Waals surface area contributed by atoms with Crippen LogP contribution in [0.25, 0.3) is 0 Å². The summed E-state index contributed by atoms with van der Waals surface area (Å²) in [6.07, 6.45) is 0. The van der Waals surface area contributed by atoms with E-state index in [-0.39, 0.29) is 6.54 Å². The van der Waals surface area contributed by atoms with Crippen molar-refractivity contribution in [3.05, 3.63) is 35.7 Å². The van der Waals surface area contributed by atoms with Crippen molar-refractivity contribution in [1.82, 2.24) is 5.32 Å². The average Bonchev–Trinajstić information content (AvgIpc) is 2.55. The predicted octanol–water partition coefficient (Wildman–Crippen LogP) is 0.846. The number of ether oxygens (including phenoxy) is 2. The third kappa shape index (κ3) is 2.89. The molecule has 0 amide bonds. The summed E-state index contributed by atoms with van der Waals surface area (Å²) in [5.41, 5.74) is 3.22. The molecule has 22 heavy (non-hydrogen) atoms. The second kappa shape index (κ2) is 6.07. The molecule has 0 bridgehead atoms. The molecule has 2 aliphatic rings. The zero-order valence-corrected chi connectivity index (χ0v) is 12.1. The highest BCUT2D eigenvalue weighted by atomic mass is 16.5. The third-order valence-corrected chi connectivity index (χ3v) is 3.53. The van der Waals surface area contributed by atoms with E-state index in [0.717, 1.165) is 22.8 Å². The van der Waals surface area contributed by atoms with Crippen LogP contribution in [0.2, 0.25) is 0 Å². The summed E-state index contributed by atoms with van der Waals surface area (Å²) in [6.45, 7) is 1.02. The standard InChI is InChI=1S/C15H17N3O4/c1-21-10-4-2-9(3-5-10)17-12-7-22-8-13-14(12)16-6-11(18-13)15(19)20/h2-5,11,16-17H,6-8H2,1H3,(H,19,20). The van der Waals surface area contributed by atoms with Gasteiger partial charge in [0.2, 0.25) is 0 Å². The molecule has 1 aromatic rings. The number of carbonyl (C=O) groups is 1. The second-order valence-corrected chi connectivity index (χ2v) is 5.01. The number of nitrogens with one attached hydrogen (secondary N) is 2. The SMILES string of the molecule is COc1ccc(NC2=C3NCC(C(=O)O)N=C3COC2)cc1. The van der Waals surface area contributed by atoms with Crippen molar-refractivity contribution in [2.45, 2.75) is 6.04 Å². The van der Waals surface area contributed by atoms with Gasteiger partial charge in [-0.25, -0.2) is 4.79 Å². The number of methoxy groups -OCH3 is 1. The molecule has 3 N–H and O–H groups in total. The number of aliphatic imine (C=N–C) groups is 1. The molecule has 7 nitrogen and oxygen atoms in total.